The number of methoxy groups -OCH3 is 1. The number of anilines is 1. The number of hydrogen-bond donors (Lipinski definition) is 1. The molecule has 36 heavy (non-hydrogen) atoms. The minimum Gasteiger partial charge on any atom is -0.497 e. The fourth-order valence-electron chi connectivity index (χ4n) is 4.04. The van der Waals surface area contributed by atoms with E-state index < -0.39 is 0 Å². The second-order valence-electron chi connectivity index (χ2n) is 8.27. The van der Waals surface area contributed by atoms with Crippen LogP contribution in [0, 0.1) is 5.82 Å². The predicted octanol–water partition coefficient (Wildman–Crippen LogP) is 4.00. The molecule has 0 bridgehead atoms. The van der Waals surface area contributed by atoms with Gasteiger partial charge in [-0.3, -0.25) is 9.13 Å². The van der Waals surface area contributed by atoms with Crippen LogP contribution in [0.15, 0.2) is 83.7 Å². The number of rotatable bonds is 8. The smallest absolute Gasteiger partial charge is 0.331 e. The van der Waals surface area contributed by atoms with Crippen LogP contribution >= 0.6 is 0 Å². The Morgan fingerprint density at radius 1 is 0.861 bits per heavy atom. The molecule has 0 atom stereocenters. The Balaban J connectivity index is 1.63. The van der Waals surface area contributed by atoms with Crippen molar-refractivity contribution in [1.82, 2.24) is 19.1 Å². The van der Waals surface area contributed by atoms with Gasteiger partial charge in [0.15, 0.2) is 11.2 Å². The molecular formula is C27H24FN5O3. The molecule has 9 heteroatoms. The van der Waals surface area contributed by atoms with E-state index in [2.05, 4.69) is 9.97 Å². The average Bonchev–Trinajstić information content (AvgIpc) is 3.14. The number of ether oxygens (including phenoxy) is 2. The minimum absolute atomic E-state index is 0.0167. The predicted molar refractivity (Wildman–Crippen MR) is 135 cm³/mol. The van der Waals surface area contributed by atoms with E-state index >= 15 is 0 Å². The van der Waals surface area contributed by atoms with Crippen molar-refractivity contribution in [1.29, 1.82) is 0 Å². The number of imidazole rings is 1. The third-order valence-corrected chi connectivity index (χ3v) is 5.79. The largest absolute Gasteiger partial charge is 0.497 e. The van der Waals surface area contributed by atoms with Gasteiger partial charge >= 0.3 is 5.69 Å². The molecule has 0 unspecified atom stereocenters. The highest BCUT2D eigenvalue weighted by Gasteiger charge is 2.22. The second kappa shape index (κ2) is 9.91. The van der Waals surface area contributed by atoms with E-state index in [0.717, 1.165) is 11.1 Å². The number of fused-ring (bicyclic) bond motifs is 1. The monoisotopic (exact) mass is 485 g/mol. The Morgan fingerprint density at radius 3 is 2.31 bits per heavy atom. The van der Waals surface area contributed by atoms with Crippen molar-refractivity contribution in [2.75, 3.05) is 12.8 Å². The van der Waals surface area contributed by atoms with Crippen LogP contribution in [-0.4, -0.2) is 26.2 Å². The molecule has 0 saturated carbocycles. The lowest BCUT2D eigenvalue weighted by molar-refractivity contribution is 0.296. The first-order chi connectivity index (χ1) is 17.5. The molecule has 0 aliphatic rings. The van der Waals surface area contributed by atoms with Crippen LogP contribution in [0.2, 0.25) is 0 Å². The molecule has 0 amide bonds. The summed E-state index contributed by atoms with van der Waals surface area (Å²) in [5.74, 6) is 0.492. The summed E-state index contributed by atoms with van der Waals surface area (Å²) in [7, 11) is 1.59. The standard InChI is InChI=1S/C27H24FN5O3/c1-35-22-12-10-18(11-13-22)15-33-24-23(32(27(33)34)16-20-8-5-9-21(28)14-20)25(31-26(29)30-24)36-17-19-6-3-2-4-7-19/h2-14H,15-17H2,1H3,(H2,29,30,31). The minimum atomic E-state index is -0.386. The molecule has 0 aliphatic carbocycles. The number of nitrogens with zero attached hydrogens (tertiary/aromatic N) is 4. The molecule has 0 saturated heterocycles. The van der Waals surface area contributed by atoms with Gasteiger partial charge in [-0.1, -0.05) is 54.6 Å². The zero-order valence-electron chi connectivity index (χ0n) is 19.6. The summed E-state index contributed by atoms with van der Waals surface area (Å²) < 4.78 is 28.2. The highest BCUT2D eigenvalue weighted by atomic mass is 19.1. The lowest BCUT2D eigenvalue weighted by atomic mass is 10.2. The number of nitrogens with two attached hydrogens (primary N) is 1. The van der Waals surface area contributed by atoms with Crippen molar-refractivity contribution < 1.29 is 13.9 Å². The van der Waals surface area contributed by atoms with Gasteiger partial charge in [0, 0.05) is 0 Å². The molecular weight excluding hydrogens is 461 g/mol. The van der Waals surface area contributed by atoms with Gasteiger partial charge in [0.2, 0.25) is 11.8 Å². The number of nitrogen functional groups attached to an aromatic ring is 1. The molecule has 5 rings (SSSR count). The molecule has 3 aromatic carbocycles. The van der Waals surface area contributed by atoms with Gasteiger partial charge in [0.25, 0.3) is 0 Å². The molecule has 2 N–H and O–H groups in total. The molecule has 5 aromatic rings. The first-order valence-corrected chi connectivity index (χ1v) is 11.3. The fourth-order valence-corrected chi connectivity index (χ4v) is 4.04. The van der Waals surface area contributed by atoms with Gasteiger partial charge in [0.05, 0.1) is 20.2 Å². The van der Waals surface area contributed by atoms with E-state index in [1.54, 1.807) is 19.2 Å². The summed E-state index contributed by atoms with van der Waals surface area (Å²) in [6, 6.07) is 23.1. The lowest BCUT2D eigenvalue weighted by Gasteiger charge is -2.10. The number of benzene rings is 3. The Bertz CT molecular complexity index is 1560. The third kappa shape index (κ3) is 4.76. The number of hydrogen-bond acceptors (Lipinski definition) is 6. The maximum Gasteiger partial charge on any atom is 0.331 e. The fraction of sp³-hybridized carbons (Fsp3) is 0.148. The highest BCUT2D eigenvalue weighted by molar-refractivity contribution is 5.79. The molecule has 182 valence electrons. The van der Waals surface area contributed by atoms with Crippen LogP contribution in [-0.2, 0) is 19.7 Å². The Kier molecular flexibility index (Phi) is 6.36. The van der Waals surface area contributed by atoms with Crippen molar-refractivity contribution >= 4 is 17.1 Å². The van der Waals surface area contributed by atoms with E-state index in [1.165, 1.54) is 21.3 Å². The quantitative estimate of drug-likeness (QED) is 0.357. The Labute approximate surface area is 206 Å². The van der Waals surface area contributed by atoms with E-state index in [9.17, 15) is 9.18 Å². The lowest BCUT2D eigenvalue weighted by Crippen LogP contribution is -2.25. The third-order valence-electron chi connectivity index (χ3n) is 5.79. The van der Waals surface area contributed by atoms with Gasteiger partial charge in [-0.05, 0) is 41.0 Å². The van der Waals surface area contributed by atoms with Crippen LogP contribution < -0.4 is 20.9 Å². The number of aromatic nitrogens is 4. The molecule has 2 aromatic heterocycles. The van der Waals surface area contributed by atoms with Gasteiger partial charge in [-0.25, -0.2) is 9.18 Å². The van der Waals surface area contributed by atoms with Crippen LogP contribution in [0.3, 0.4) is 0 Å². The molecule has 0 radical (unpaired) electrons. The first kappa shape index (κ1) is 23.1. The maximum absolute atomic E-state index is 13.9. The average molecular weight is 486 g/mol. The van der Waals surface area contributed by atoms with E-state index in [0.29, 0.717) is 22.5 Å². The Hall–Kier alpha value is -4.66. The van der Waals surface area contributed by atoms with Crippen LogP contribution in [0.4, 0.5) is 10.3 Å². The van der Waals surface area contributed by atoms with E-state index in [1.807, 2.05) is 54.6 Å². The molecule has 8 nitrogen and oxygen atoms in total. The van der Waals surface area contributed by atoms with Crippen molar-refractivity contribution in [3.8, 4) is 11.6 Å². The molecule has 0 fully saturated rings. The second-order valence-corrected chi connectivity index (χ2v) is 8.27. The van der Waals surface area contributed by atoms with Gasteiger partial charge in [-0.15, -0.1) is 0 Å². The summed E-state index contributed by atoms with van der Waals surface area (Å²) in [5.41, 5.74) is 8.84. The van der Waals surface area contributed by atoms with E-state index in [-0.39, 0.29) is 43.0 Å². The maximum atomic E-state index is 13.9. The summed E-state index contributed by atoms with van der Waals surface area (Å²) in [4.78, 5) is 22.4. The van der Waals surface area contributed by atoms with Gasteiger partial charge < -0.3 is 15.2 Å². The van der Waals surface area contributed by atoms with E-state index in [4.69, 9.17) is 15.2 Å². The number of halogens is 1. The Morgan fingerprint density at radius 2 is 1.58 bits per heavy atom. The zero-order chi connectivity index (χ0) is 25.1. The van der Waals surface area contributed by atoms with Gasteiger partial charge in [0.1, 0.15) is 18.2 Å². The highest BCUT2D eigenvalue weighted by Crippen LogP contribution is 2.26. The SMILES string of the molecule is COc1ccc(Cn2c(=O)n(Cc3cccc(F)c3)c3c(OCc4ccccc4)nc(N)nc32)cc1. The topological polar surface area (TPSA) is 97.2 Å². The zero-order valence-corrected chi connectivity index (χ0v) is 19.6. The van der Waals surface area contributed by atoms with Crippen LogP contribution in [0.5, 0.6) is 11.6 Å². The first-order valence-electron chi connectivity index (χ1n) is 11.3. The molecule has 2 heterocycles. The van der Waals surface area contributed by atoms with Crippen molar-refractivity contribution in [2.45, 2.75) is 19.7 Å². The summed E-state index contributed by atoms with van der Waals surface area (Å²) in [6.07, 6.45) is 0. The molecule has 0 aliphatic heterocycles. The van der Waals surface area contributed by atoms with Crippen LogP contribution in [0.1, 0.15) is 16.7 Å². The van der Waals surface area contributed by atoms with Crippen molar-refractivity contribution in [3.63, 3.8) is 0 Å². The van der Waals surface area contributed by atoms with Gasteiger partial charge in [-0.2, -0.15) is 9.97 Å². The van der Waals surface area contributed by atoms with Crippen molar-refractivity contribution in [2.24, 2.45) is 0 Å². The summed E-state index contributed by atoms with van der Waals surface area (Å²) >= 11 is 0. The summed E-state index contributed by atoms with van der Waals surface area (Å²) in [6.45, 7) is 0.575. The molecule has 0 spiro atoms. The van der Waals surface area contributed by atoms with Crippen molar-refractivity contribution in [3.05, 3.63) is 112 Å². The normalized spacial score (nSPS) is 11.1. The summed E-state index contributed by atoms with van der Waals surface area (Å²) in [5, 5.41) is 0. The van der Waals surface area contributed by atoms with Crippen LogP contribution in [0.25, 0.3) is 11.2 Å².